The molecule has 8 heteroatoms. The third-order valence-electron chi connectivity index (χ3n) is 5.25. The van der Waals surface area contributed by atoms with Gasteiger partial charge in [0.2, 0.25) is 15.9 Å². The van der Waals surface area contributed by atoms with E-state index in [4.69, 9.17) is 10.00 Å². The van der Waals surface area contributed by atoms with Crippen molar-refractivity contribution >= 4 is 21.6 Å². The summed E-state index contributed by atoms with van der Waals surface area (Å²) in [6, 6.07) is 13.2. The fourth-order valence-corrected chi connectivity index (χ4v) is 4.78. The Morgan fingerprint density at radius 3 is 2.60 bits per heavy atom. The van der Waals surface area contributed by atoms with Crippen molar-refractivity contribution in [1.29, 1.82) is 5.26 Å². The summed E-state index contributed by atoms with van der Waals surface area (Å²) in [7, 11) is -3.94. The van der Waals surface area contributed by atoms with Crippen molar-refractivity contribution in [3.63, 3.8) is 0 Å². The molecule has 1 unspecified atom stereocenters. The average Bonchev–Trinajstić information content (AvgIpc) is 3.24. The van der Waals surface area contributed by atoms with Crippen LogP contribution in [0.3, 0.4) is 0 Å². The lowest BCUT2D eigenvalue weighted by atomic mass is 10.1. The summed E-state index contributed by atoms with van der Waals surface area (Å²) in [5.74, 6) is -0.418. The zero-order chi connectivity index (χ0) is 21.7. The number of hydrogen-bond donors (Lipinski definition) is 1. The normalized spacial score (nSPS) is 16.4. The Labute approximate surface area is 177 Å². The molecule has 1 aliphatic heterocycles. The predicted octanol–water partition coefficient (Wildman–Crippen LogP) is 2.98. The van der Waals surface area contributed by atoms with Crippen molar-refractivity contribution in [2.75, 3.05) is 25.0 Å². The van der Waals surface area contributed by atoms with E-state index in [1.54, 1.807) is 6.07 Å². The van der Waals surface area contributed by atoms with Crippen LogP contribution in [0, 0.1) is 25.2 Å². The van der Waals surface area contributed by atoms with Crippen LogP contribution in [0.4, 0.5) is 5.69 Å². The number of amides is 1. The molecule has 3 rings (SSSR count). The minimum absolute atomic E-state index is 0.0408. The summed E-state index contributed by atoms with van der Waals surface area (Å²) in [5.41, 5.74) is 3.00. The summed E-state index contributed by atoms with van der Waals surface area (Å²) < 4.78 is 33.2. The maximum atomic E-state index is 13.2. The van der Waals surface area contributed by atoms with Crippen LogP contribution in [0.15, 0.2) is 47.4 Å². The zero-order valence-corrected chi connectivity index (χ0v) is 17.9. The highest BCUT2D eigenvalue weighted by atomic mass is 32.2. The summed E-state index contributed by atoms with van der Waals surface area (Å²) in [6.07, 6.45) is 1.37. The van der Waals surface area contributed by atoms with Gasteiger partial charge in [-0.25, -0.2) is 8.42 Å². The Morgan fingerprint density at radius 1 is 1.23 bits per heavy atom. The van der Waals surface area contributed by atoms with Crippen LogP contribution in [0.25, 0.3) is 0 Å². The van der Waals surface area contributed by atoms with Crippen molar-refractivity contribution in [2.45, 2.75) is 37.7 Å². The molecular formula is C22H25N3O4S. The van der Waals surface area contributed by atoms with Gasteiger partial charge in [-0.1, -0.05) is 12.1 Å². The molecule has 30 heavy (non-hydrogen) atoms. The molecule has 1 N–H and O–H groups in total. The second-order valence-corrected chi connectivity index (χ2v) is 9.30. The van der Waals surface area contributed by atoms with Gasteiger partial charge in [-0.3, -0.25) is 4.79 Å². The number of nitrogens with one attached hydrogen (secondary N) is 1. The fourth-order valence-electron chi connectivity index (χ4n) is 3.35. The molecule has 7 nitrogen and oxygen atoms in total. The van der Waals surface area contributed by atoms with Crippen molar-refractivity contribution in [1.82, 2.24) is 4.31 Å². The number of benzene rings is 2. The van der Waals surface area contributed by atoms with Crippen LogP contribution in [0.5, 0.6) is 0 Å². The summed E-state index contributed by atoms with van der Waals surface area (Å²) in [5, 5.41) is 11.8. The Hall–Kier alpha value is -2.73. The molecule has 1 fully saturated rings. The third kappa shape index (κ3) is 5.05. The first-order chi connectivity index (χ1) is 14.3. The Balaban J connectivity index is 1.83. The largest absolute Gasteiger partial charge is 0.377 e. The first-order valence-electron chi connectivity index (χ1n) is 9.79. The Bertz CT molecular complexity index is 1050. The minimum Gasteiger partial charge on any atom is -0.377 e. The Morgan fingerprint density at radius 2 is 1.97 bits per heavy atom. The number of sulfonamides is 1. The van der Waals surface area contributed by atoms with E-state index in [1.165, 1.54) is 24.3 Å². The van der Waals surface area contributed by atoms with Gasteiger partial charge in [0.25, 0.3) is 0 Å². The van der Waals surface area contributed by atoms with Gasteiger partial charge in [-0.15, -0.1) is 0 Å². The van der Waals surface area contributed by atoms with Gasteiger partial charge < -0.3 is 10.1 Å². The number of ether oxygens (including phenoxy) is 1. The van der Waals surface area contributed by atoms with E-state index in [0.29, 0.717) is 17.9 Å². The van der Waals surface area contributed by atoms with E-state index in [9.17, 15) is 13.2 Å². The van der Waals surface area contributed by atoms with E-state index < -0.39 is 15.9 Å². The smallest absolute Gasteiger partial charge is 0.243 e. The predicted molar refractivity (Wildman–Crippen MR) is 113 cm³/mol. The number of rotatable bonds is 7. The number of carbonyl (C=O) groups excluding carboxylic acids is 1. The molecule has 0 radical (unpaired) electrons. The molecule has 0 aliphatic carbocycles. The van der Waals surface area contributed by atoms with Crippen LogP contribution < -0.4 is 5.32 Å². The Kier molecular flexibility index (Phi) is 6.87. The molecule has 1 amide bonds. The molecule has 1 saturated heterocycles. The third-order valence-corrected chi connectivity index (χ3v) is 7.08. The van der Waals surface area contributed by atoms with Gasteiger partial charge in [0, 0.05) is 18.8 Å². The van der Waals surface area contributed by atoms with Gasteiger partial charge in [-0.05, 0) is 68.1 Å². The van der Waals surface area contributed by atoms with E-state index >= 15 is 0 Å². The standard InChI is InChI=1S/C22H25N3O4S/c1-16-5-3-7-21(17(16)2)24-22(26)15-25(14-19-6-4-12-29-19)30(27,28)20-10-8-18(13-23)9-11-20/h3,5,7-11,19H,4,6,12,14-15H2,1-2H3,(H,24,26). The SMILES string of the molecule is Cc1cccc(NC(=O)CN(CC2CCCO2)S(=O)(=O)c2ccc(C#N)cc2)c1C. The van der Waals surface area contributed by atoms with Crippen LogP contribution >= 0.6 is 0 Å². The number of nitrogens with zero attached hydrogens (tertiary/aromatic N) is 2. The van der Waals surface area contributed by atoms with E-state index in [0.717, 1.165) is 28.3 Å². The molecule has 2 aromatic rings. The topological polar surface area (TPSA) is 99.5 Å². The zero-order valence-electron chi connectivity index (χ0n) is 17.1. The number of carbonyl (C=O) groups is 1. The summed E-state index contributed by atoms with van der Waals surface area (Å²) in [6.45, 7) is 4.22. The van der Waals surface area contributed by atoms with Gasteiger partial charge in [-0.2, -0.15) is 9.57 Å². The maximum absolute atomic E-state index is 13.2. The van der Waals surface area contributed by atoms with Gasteiger partial charge >= 0.3 is 0 Å². The van der Waals surface area contributed by atoms with Gasteiger partial charge in [0.1, 0.15) is 0 Å². The number of nitriles is 1. The molecule has 1 aliphatic rings. The molecule has 0 saturated carbocycles. The van der Waals surface area contributed by atoms with Gasteiger partial charge in [0.05, 0.1) is 29.2 Å². The average molecular weight is 428 g/mol. The van der Waals surface area contributed by atoms with E-state index in [-0.39, 0.29) is 24.1 Å². The van der Waals surface area contributed by atoms with Crippen molar-refractivity contribution in [3.8, 4) is 6.07 Å². The molecule has 0 aromatic heterocycles. The minimum atomic E-state index is -3.94. The lowest BCUT2D eigenvalue weighted by Crippen LogP contribution is -2.42. The molecule has 158 valence electrons. The second-order valence-electron chi connectivity index (χ2n) is 7.36. The molecule has 1 heterocycles. The van der Waals surface area contributed by atoms with Crippen LogP contribution in [-0.4, -0.2) is 44.4 Å². The summed E-state index contributed by atoms with van der Waals surface area (Å²) in [4.78, 5) is 12.8. The van der Waals surface area contributed by atoms with Crippen molar-refractivity contribution < 1.29 is 17.9 Å². The molecule has 0 spiro atoms. The number of hydrogen-bond acceptors (Lipinski definition) is 5. The lowest BCUT2D eigenvalue weighted by molar-refractivity contribution is -0.116. The second kappa shape index (κ2) is 9.39. The monoisotopic (exact) mass is 427 g/mol. The quantitative estimate of drug-likeness (QED) is 0.732. The van der Waals surface area contributed by atoms with Crippen LogP contribution in [0.1, 0.15) is 29.5 Å². The molecule has 1 atom stereocenters. The summed E-state index contributed by atoms with van der Waals surface area (Å²) >= 11 is 0. The highest BCUT2D eigenvalue weighted by Crippen LogP contribution is 2.22. The van der Waals surface area contributed by atoms with Gasteiger partial charge in [0.15, 0.2) is 0 Å². The highest BCUT2D eigenvalue weighted by molar-refractivity contribution is 7.89. The molecule has 2 aromatic carbocycles. The molecular weight excluding hydrogens is 402 g/mol. The molecule has 0 bridgehead atoms. The van der Waals surface area contributed by atoms with Crippen LogP contribution in [0.2, 0.25) is 0 Å². The number of aryl methyl sites for hydroxylation is 1. The van der Waals surface area contributed by atoms with E-state index in [1.807, 2.05) is 32.0 Å². The maximum Gasteiger partial charge on any atom is 0.243 e. The van der Waals surface area contributed by atoms with E-state index in [2.05, 4.69) is 5.32 Å². The van der Waals surface area contributed by atoms with Crippen molar-refractivity contribution in [2.24, 2.45) is 0 Å². The van der Waals surface area contributed by atoms with Crippen molar-refractivity contribution in [3.05, 3.63) is 59.2 Å². The first-order valence-corrected chi connectivity index (χ1v) is 11.2. The first kappa shape index (κ1) is 22.0. The fraction of sp³-hybridized carbons (Fsp3) is 0.364. The highest BCUT2D eigenvalue weighted by Gasteiger charge is 2.31. The van der Waals surface area contributed by atoms with Crippen LogP contribution in [-0.2, 0) is 19.6 Å². The lowest BCUT2D eigenvalue weighted by Gasteiger charge is -2.24. The number of anilines is 1.